The Balaban J connectivity index is 1.15. The molecule has 0 saturated heterocycles. The number of hydrogen-bond donors (Lipinski definition) is 0. The molecule has 3 heterocycles. The van der Waals surface area contributed by atoms with Crippen LogP contribution in [0.15, 0.2) is 180 Å². The summed E-state index contributed by atoms with van der Waals surface area (Å²) in [4.78, 5) is 15.9. The Labute approximate surface area is 304 Å². The number of benzene rings is 8. The number of rotatable bonds is 4. The number of para-hydroxylation sites is 2. The van der Waals surface area contributed by atoms with E-state index in [9.17, 15) is 0 Å². The lowest BCUT2D eigenvalue weighted by Crippen LogP contribution is -1.97. The maximum absolute atomic E-state index is 6.58. The second-order valence-electron chi connectivity index (χ2n) is 13.5. The second kappa shape index (κ2) is 11.7. The Hall–Kier alpha value is -7.17. The summed E-state index contributed by atoms with van der Waals surface area (Å²) in [6, 6.07) is 61.3. The van der Waals surface area contributed by atoms with E-state index in [1.807, 2.05) is 18.2 Å². The maximum atomic E-state index is 6.58. The van der Waals surface area contributed by atoms with E-state index in [0.717, 1.165) is 93.7 Å². The molecule has 3 aromatic heterocycles. The topological polar surface area (TPSA) is 51.8 Å². The summed E-state index contributed by atoms with van der Waals surface area (Å²) in [6.45, 7) is 0. The van der Waals surface area contributed by atoms with Crippen LogP contribution in [0.3, 0.4) is 0 Å². The van der Waals surface area contributed by atoms with Crippen molar-refractivity contribution in [1.29, 1.82) is 0 Å². The summed E-state index contributed by atoms with van der Waals surface area (Å²) in [5, 5.41) is 10.0. The lowest BCUT2D eigenvalue weighted by atomic mass is 9.96. The van der Waals surface area contributed by atoms with Crippen molar-refractivity contribution in [3.63, 3.8) is 0 Å². The summed E-state index contributed by atoms with van der Waals surface area (Å²) >= 11 is 0. The molecule has 0 aliphatic rings. The molecule has 53 heavy (non-hydrogen) atoms. The van der Waals surface area contributed by atoms with E-state index in [1.54, 1.807) is 0 Å². The van der Waals surface area contributed by atoms with Gasteiger partial charge in [-0.3, -0.25) is 0 Å². The SMILES string of the molecule is c1cc(-c2nc(-c3cccc4ccccc34)cc(-c3cccc4ccccc34)n2)cc(-c2nc3ccccc3c3c2ccc2c4ccccc4oc23)c1. The second-order valence-corrected chi connectivity index (χ2v) is 13.5. The van der Waals surface area contributed by atoms with Crippen LogP contribution >= 0.6 is 0 Å². The lowest BCUT2D eigenvalue weighted by Gasteiger charge is -2.14. The smallest absolute Gasteiger partial charge is 0.160 e. The van der Waals surface area contributed by atoms with E-state index in [1.165, 1.54) is 10.8 Å². The van der Waals surface area contributed by atoms with Crippen LogP contribution in [0, 0.1) is 0 Å². The van der Waals surface area contributed by atoms with Gasteiger partial charge in [0.15, 0.2) is 5.82 Å². The van der Waals surface area contributed by atoms with Crippen molar-refractivity contribution in [1.82, 2.24) is 15.0 Å². The van der Waals surface area contributed by atoms with Gasteiger partial charge in [0.1, 0.15) is 11.2 Å². The van der Waals surface area contributed by atoms with E-state index in [2.05, 4.69) is 158 Å². The van der Waals surface area contributed by atoms with Crippen LogP contribution in [-0.4, -0.2) is 15.0 Å². The monoisotopic (exact) mass is 675 g/mol. The molecular weight excluding hydrogens is 647 g/mol. The average molecular weight is 676 g/mol. The first-order chi connectivity index (χ1) is 26.3. The minimum atomic E-state index is 0.657. The molecule has 8 aromatic carbocycles. The van der Waals surface area contributed by atoms with E-state index >= 15 is 0 Å². The molecule has 0 saturated carbocycles. The van der Waals surface area contributed by atoms with Crippen molar-refractivity contribution >= 4 is 65.2 Å². The van der Waals surface area contributed by atoms with Gasteiger partial charge in [-0.1, -0.05) is 146 Å². The third kappa shape index (κ3) is 4.73. The third-order valence-electron chi connectivity index (χ3n) is 10.5. The van der Waals surface area contributed by atoms with Gasteiger partial charge in [0.2, 0.25) is 0 Å². The number of nitrogens with zero attached hydrogens (tertiary/aromatic N) is 3. The van der Waals surface area contributed by atoms with Gasteiger partial charge in [-0.2, -0.15) is 0 Å². The molecule has 0 amide bonds. The van der Waals surface area contributed by atoms with Crippen LogP contribution in [0.5, 0.6) is 0 Å². The predicted octanol–water partition coefficient (Wildman–Crippen LogP) is 13.1. The Kier molecular flexibility index (Phi) is 6.52. The Morgan fingerprint density at radius 1 is 0.377 bits per heavy atom. The highest BCUT2D eigenvalue weighted by Crippen LogP contribution is 2.41. The standard InChI is InChI=1S/C49H29N3O/c1-3-18-34-30(12-1)14-10-22-36(34)43-29-44(37-23-11-15-31-13-2-4-19-35(31)37)52-49(51-43)33-17-9-16-32(28-33)47-41-27-26-39-38-20-6-8-25-45(38)53-48(39)46(41)40-21-5-7-24-42(40)50-47/h1-29H. The van der Waals surface area contributed by atoms with Crippen LogP contribution in [0.4, 0.5) is 0 Å². The first-order valence-corrected chi connectivity index (χ1v) is 17.9. The molecule has 0 atom stereocenters. The largest absolute Gasteiger partial charge is 0.455 e. The fraction of sp³-hybridized carbons (Fsp3) is 0. The molecular formula is C49H29N3O. The minimum Gasteiger partial charge on any atom is -0.455 e. The fourth-order valence-corrected chi connectivity index (χ4v) is 7.99. The summed E-state index contributed by atoms with van der Waals surface area (Å²) < 4.78 is 6.58. The molecule has 0 unspecified atom stereocenters. The van der Waals surface area contributed by atoms with Crippen molar-refractivity contribution in [2.45, 2.75) is 0 Å². The summed E-state index contributed by atoms with van der Waals surface area (Å²) in [5.41, 5.74) is 9.36. The zero-order valence-electron chi connectivity index (χ0n) is 28.5. The van der Waals surface area contributed by atoms with Crippen LogP contribution < -0.4 is 0 Å². The van der Waals surface area contributed by atoms with Gasteiger partial charge in [0.05, 0.1) is 22.6 Å². The molecule has 0 aliphatic heterocycles. The van der Waals surface area contributed by atoms with Gasteiger partial charge < -0.3 is 4.42 Å². The molecule has 4 heteroatoms. The highest BCUT2D eigenvalue weighted by molar-refractivity contribution is 6.24. The van der Waals surface area contributed by atoms with Crippen molar-refractivity contribution in [2.75, 3.05) is 0 Å². The van der Waals surface area contributed by atoms with Gasteiger partial charge in [-0.15, -0.1) is 0 Å². The number of fused-ring (bicyclic) bond motifs is 9. The number of pyridine rings is 1. The third-order valence-corrected chi connectivity index (χ3v) is 10.5. The molecule has 0 spiro atoms. The fourth-order valence-electron chi connectivity index (χ4n) is 7.99. The molecule has 11 aromatic rings. The van der Waals surface area contributed by atoms with Gasteiger partial charge in [-0.25, -0.2) is 15.0 Å². The normalized spacial score (nSPS) is 11.8. The van der Waals surface area contributed by atoms with Gasteiger partial charge >= 0.3 is 0 Å². The molecule has 0 fully saturated rings. The molecule has 0 aliphatic carbocycles. The Bertz CT molecular complexity index is 3140. The van der Waals surface area contributed by atoms with Crippen molar-refractivity contribution in [2.24, 2.45) is 0 Å². The van der Waals surface area contributed by atoms with Gasteiger partial charge in [0.25, 0.3) is 0 Å². The highest BCUT2D eigenvalue weighted by Gasteiger charge is 2.19. The zero-order valence-corrected chi connectivity index (χ0v) is 28.5. The number of hydrogen-bond acceptors (Lipinski definition) is 4. The van der Waals surface area contributed by atoms with Crippen molar-refractivity contribution in [3.05, 3.63) is 176 Å². The quantitative estimate of drug-likeness (QED) is 0.174. The number of aromatic nitrogens is 3. The first kappa shape index (κ1) is 29.5. The van der Waals surface area contributed by atoms with Crippen molar-refractivity contribution < 1.29 is 4.42 Å². The molecule has 11 rings (SSSR count). The molecule has 0 N–H and O–H groups in total. The lowest BCUT2D eigenvalue weighted by molar-refractivity contribution is 0.673. The van der Waals surface area contributed by atoms with Crippen LogP contribution in [-0.2, 0) is 0 Å². The van der Waals surface area contributed by atoms with Gasteiger partial charge in [0, 0.05) is 49.2 Å². The van der Waals surface area contributed by atoms with Gasteiger partial charge in [-0.05, 0) is 51.9 Å². The molecule has 4 nitrogen and oxygen atoms in total. The van der Waals surface area contributed by atoms with Crippen LogP contribution in [0.25, 0.3) is 110 Å². The summed E-state index contributed by atoms with van der Waals surface area (Å²) in [5.74, 6) is 0.657. The zero-order chi connectivity index (χ0) is 34.9. The van der Waals surface area contributed by atoms with E-state index in [-0.39, 0.29) is 0 Å². The predicted molar refractivity (Wildman–Crippen MR) is 219 cm³/mol. The summed E-state index contributed by atoms with van der Waals surface area (Å²) in [7, 11) is 0. The Morgan fingerprint density at radius 3 is 1.68 bits per heavy atom. The molecule has 0 bridgehead atoms. The van der Waals surface area contributed by atoms with Crippen LogP contribution in [0.2, 0.25) is 0 Å². The van der Waals surface area contributed by atoms with Crippen LogP contribution in [0.1, 0.15) is 0 Å². The average Bonchev–Trinajstić information content (AvgIpc) is 3.62. The Morgan fingerprint density at radius 2 is 0.943 bits per heavy atom. The van der Waals surface area contributed by atoms with E-state index in [4.69, 9.17) is 19.4 Å². The van der Waals surface area contributed by atoms with E-state index < -0.39 is 0 Å². The van der Waals surface area contributed by atoms with E-state index in [0.29, 0.717) is 5.82 Å². The maximum Gasteiger partial charge on any atom is 0.160 e. The summed E-state index contributed by atoms with van der Waals surface area (Å²) in [6.07, 6.45) is 0. The first-order valence-electron chi connectivity index (χ1n) is 17.9. The molecule has 246 valence electrons. The minimum absolute atomic E-state index is 0.657. The highest BCUT2D eigenvalue weighted by atomic mass is 16.3. The molecule has 0 radical (unpaired) electrons. The number of furan rings is 1. The van der Waals surface area contributed by atoms with Crippen molar-refractivity contribution in [3.8, 4) is 45.2 Å².